The zero-order chi connectivity index (χ0) is 24.8. The number of hydrogen-bond acceptors (Lipinski definition) is 6. The average Bonchev–Trinajstić information content (AvgIpc) is 2.82. The molecule has 1 aromatic carbocycles. The number of rotatable bonds is 2. The highest BCUT2D eigenvalue weighted by atomic mass is 32.2. The van der Waals surface area contributed by atoms with E-state index < -0.39 is 16.8 Å². The molecular weight excluding hydrogens is 460 g/mol. The Balaban J connectivity index is 1.37. The van der Waals surface area contributed by atoms with Gasteiger partial charge in [0.2, 0.25) is 0 Å². The number of aromatic nitrogens is 2. The molecular formula is C27H36N4O3S. The highest BCUT2D eigenvalue weighted by Crippen LogP contribution is 2.46. The molecule has 35 heavy (non-hydrogen) atoms. The Kier molecular flexibility index (Phi) is 6.46. The number of hydrogen-bond donors (Lipinski definition) is 0. The Labute approximate surface area is 211 Å². The molecule has 2 atom stereocenters. The monoisotopic (exact) mass is 496 g/mol. The Morgan fingerprint density at radius 2 is 1.71 bits per heavy atom. The second-order valence-corrected chi connectivity index (χ2v) is 12.6. The van der Waals surface area contributed by atoms with E-state index in [4.69, 9.17) is 14.7 Å². The molecule has 1 aromatic heterocycles. The molecule has 0 radical (unpaired) electrons. The Hall–Kier alpha value is -2.32. The van der Waals surface area contributed by atoms with Crippen LogP contribution in [-0.4, -0.2) is 63.5 Å². The predicted octanol–water partition coefficient (Wildman–Crippen LogP) is 3.94. The Bertz CT molecular complexity index is 1110. The van der Waals surface area contributed by atoms with Crippen LogP contribution in [0.25, 0.3) is 0 Å². The van der Waals surface area contributed by atoms with Gasteiger partial charge in [0, 0.05) is 42.9 Å². The van der Waals surface area contributed by atoms with E-state index in [-0.39, 0.29) is 11.5 Å². The molecule has 1 aliphatic heterocycles. The van der Waals surface area contributed by atoms with Gasteiger partial charge in [-0.3, -0.25) is 0 Å². The number of anilines is 1. The summed E-state index contributed by atoms with van der Waals surface area (Å²) in [5, 5.41) is 0.418. The molecule has 5 rings (SSSR count). The number of carbonyl (C=O) groups excluding carboxylic acids is 1. The molecule has 1 spiro atoms. The lowest BCUT2D eigenvalue weighted by atomic mass is 9.63. The Morgan fingerprint density at radius 1 is 1.03 bits per heavy atom. The van der Waals surface area contributed by atoms with Crippen molar-refractivity contribution in [1.82, 2.24) is 14.9 Å². The first kappa shape index (κ1) is 24.4. The summed E-state index contributed by atoms with van der Waals surface area (Å²) in [7, 11) is 0. The van der Waals surface area contributed by atoms with Crippen LogP contribution in [0, 0.1) is 5.41 Å². The summed E-state index contributed by atoms with van der Waals surface area (Å²) in [6, 6.07) is 8.81. The largest absolute Gasteiger partial charge is 0.609 e. The summed E-state index contributed by atoms with van der Waals surface area (Å²) >= 11 is -1.25. The highest BCUT2D eigenvalue weighted by molar-refractivity contribution is 7.90. The number of aryl methyl sites for hydroxylation is 1. The summed E-state index contributed by atoms with van der Waals surface area (Å²) in [5.74, 6) is 0.912. The molecule has 1 fully saturated rings. The molecule has 3 aliphatic rings. The summed E-state index contributed by atoms with van der Waals surface area (Å²) in [6.07, 6.45) is 7.73. The molecule has 2 heterocycles. The first-order chi connectivity index (χ1) is 16.6. The van der Waals surface area contributed by atoms with Crippen molar-refractivity contribution in [2.24, 2.45) is 5.41 Å². The van der Waals surface area contributed by atoms with Gasteiger partial charge >= 0.3 is 11.2 Å². The van der Waals surface area contributed by atoms with E-state index in [2.05, 4.69) is 29.2 Å². The maximum absolute atomic E-state index is 12.5. The molecule has 2 aliphatic carbocycles. The van der Waals surface area contributed by atoms with Crippen LogP contribution in [0.5, 0.6) is 0 Å². The maximum atomic E-state index is 12.5. The summed E-state index contributed by atoms with van der Waals surface area (Å²) < 4.78 is 18.0. The molecule has 1 unspecified atom stereocenters. The summed E-state index contributed by atoms with van der Waals surface area (Å²) in [5.41, 5.74) is 4.93. The van der Waals surface area contributed by atoms with Crippen LogP contribution >= 0.6 is 0 Å². The molecule has 0 saturated carbocycles. The third-order valence-electron chi connectivity index (χ3n) is 7.59. The number of ether oxygens (including phenoxy) is 1. The number of benzene rings is 1. The molecule has 2 aromatic rings. The lowest BCUT2D eigenvalue weighted by Gasteiger charge is -2.43. The van der Waals surface area contributed by atoms with Gasteiger partial charge in [-0.2, -0.15) is 9.97 Å². The number of piperazine rings is 1. The lowest BCUT2D eigenvalue weighted by molar-refractivity contribution is 0.0240. The van der Waals surface area contributed by atoms with E-state index in [1.165, 1.54) is 23.1 Å². The zero-order valence-corrected chi connectivity index (χ0v) is 22.1. The maximum Gasteiger partial charge on any atom is 0.410 e. The SMILES string of the molecule is C[S+]([O-])c1nc2c(c(N3CCN(C(=O)OC(C)(C)C)CC3)n1)CC[C@@]1(CCc3ccccc3C1)C2. The Morgan fingerprint density at radius 3 is 2.40 bits per heavy atom. The molecule has 7 nitrogen and oxygen atoms in total. The van der Waals surface area contributed by atoms with Gasteiger partial charge in [-0.1, -0.05) is 24.3 Å². The normalized spacial score (nSPS) is 23.0. The average molecular weight is 497 g/mol. The van der Waals surface area contributed by atoms with Crippen molar-refractivity contribution in [3.8, 4) is 0 Å². The van der Waals surface area contributed by atoms with Gasteiger partial charge in [0.25, 0.3) is 0 Å². The van der Waals surface area contributed by atoms with Gasteiger partial charge in [-0.15, -0.1) is 0 Å². The van der Waals surface area contributed by atoms with Gasteiger partial charge in [0.05, 0.1) is 5.69 Å². The molecule has 1 saturated heterocycles. The fraction of sp³-hybridized carbons (Fsp3) is 0.593. The van der Waals surface area contributed by atoms with Crippen molar-refractivity contribution in [2.75, 3.05) is 37.3 Å². The smallest absolute Gasteiger partial charge is 0.410 e. The van der Waals surface area contributed by atoms with Crippen LogP contribution in [0.15, 0.2) is 29.4 Å². The highest BCUT2D eigenvalue weighted by Gasteiger charge is 2.40. The molecule has 8 heteroatoms. The quantitative estimate of drug-likeness (QED) is 0.463. The number of fused-ring (bicyclic) bond motifs is 2. The van der Waals surface area contributed by atoms with Gasteiger partial charge in [0.15, 0.2) is 0 Å². The third-order valence-corrected chi connectivity index (χ3v) is 8.29. The first-order valence-electron chi connectivity index (χ1n) is 12.7. The van der Waals surface area contributed by atoms with E-state index in [9.17, 15) is 9.35 Å². The van der Waals surface area contributed by atoms with Crippen LogP contribution in [0.1, 0.15) is 56.0 Å². The van der Waals surface area contributed by atoms with Crippen LogP contribution in [-0.2, 0) is 41.6 Å². The van der Waals surface area contributed by atoms with Gasteiger partial charge in [-0.25, -0.2) is 4.79 Å². The lowest BCUT2D eigenvalue weighted by Crippen LogP contribution is -2.50. The van der Waals surface area contributed by atoms with E-state index in [1.807, 2.05) is 20.8 Å². The molecule has 0 N–H and O–H groups in total. The standard InChI is InChI=1S/C27H36N4O3S/c1-26(2,3)34-25(32)31-15-13-30(14-16-31)23-21-10-12-27(18-22(21)28-24(29-23)35(4)33)11-9-19-7-5-6-8-20(19)17-27/h5-8H,9-18H2,1-4H3/t27-,35?/m1/s1. The summed E-state index contributed by atoms with van der Waals surface area (Å²) in [4.78, 5) is 26.1. The first-order valence-corrected chi connectivity index (χ1v) is 14.2. The zero-order valence-electron chi connectivity index (χ0n) is 21.3. The minimum atomic E-state index is -1.25. The second-order valence-electron chi connectivity index (χ2n) is 11.3. The van der Waals surface area contributed by atoms with E-state index in [0.29, 0.717) is 31.3 Å². The van der Waals surface area contributed by atoms with Gasteiger partial charge < -0.3 is 19.1 Å². The van der Waals surface area contributed by atoms with E-state index in [1.54, 1.807) is 11.2 Å². The van der Waals surface area contributed by atoms with Crippen molar-refractivity contribution in [3.05, 3.63) is 46.6 Å². The summed E-state index contributed by atoms with van der Waals surface area (Å²) in [6.45, 7) is 8.18. The topological polar surface area (TPSA) is 81.6 Å². The van der Waals surface area contributed by atoms with Crippen molar-refractivity contribution in [2.45, 2.75) is 70.1 Å². The van der Waals surface area contributed by atoms with E-state index >= 15 is 0 Å². The van der Waals surface area contributed by atoms with Crippen LogP contribution in [0.2, 0.25) is 0 Å². The van der Waals surface area contributed by atoms with Crippen LogP contribution < -0.4 is 4.90 Å². The minimum Gasteiger partial charge on any atom is -0.609 e. The van der Waals surface area contributed by atoms with Crippen LogP contribution in [0.4, 0.5) is 10.6 Å². The predicted molar refractivity (Wildman–Crippen MR) is 137 cm³/mol. The van der Waals surface area contributed by atoms with Gasteiger partial charge in [-0.05, 0) is 75.8 Å². The van der Waals surface area contributed by atoms with Crippen molar-refractivity contribution in [1.29, 1.82) is 0 Å². The molecule has 0 bridgehead atoms. The minimum absolute atomic E-state index is 0.217. The fourth-order valence-corrected chi connectivity index (χ4v) is 6.23. The molecule has 1 amide bonds. The second kappa shape index (κ2) is 9.28. The van der Waals surface area contributed by atoms with Crippen molar-refractivity contribution in [3.63, 3.8) is 0 Å². The van der Waals surface area contributed by atoms with Crippen LogP contribution in [0.3, 0.4) is 0 Å². The van der Waals surface area contributed by atoms with E-state index in [0.717, 1.165) is 43.6 Å². The number of amides is 1. The third kappa shape index (κ3) is 5.14. The van der Waals surface area contributed by atoms with Crippen molar-refractivity contribution >= 4 is 23.1 Å². The van der Waals surface area contributed by atoms with Gasteiger partial charge in [0.1, 0.15) is 17.7 Å². The molecule has 188 valence electrons. The number of nitrogens with zero attached hydrogens (tertiary/aromatic N) is 4. The fourth-order valence-electron chi connectivity index (χ4n) is 5.78. The number of carbonyl (C=O) groups is 1. The van der Waals surface area contributed by atoms with Crippen molar-refractivity contribution < 1.29 is 14.1 Å².